The molecule has 1 aliphatic heterocycles. The van der Waals surface area contributed by atoms with E-state index in [-0.39, 0.29) is 24.0 Å². The van der Waals surface area contributed by atoms with Gasteiger partial charge in [-0.3, -0.25) is 4.99 Å². The van der Waals surface area contributed by atoms with Crippen LogP contribution in [0.2, 0.25) is 0 Å². The highest BCUT2D eigenvalue weighted by Gasteiger charge is 2.22. The van der Waals surface area contributed by atoms with Gasteiger partial charge in [-0.15, -0.1) is 24.0 Å². The van der Waals surface area contributed by atoms with Gasteiger partial charge in [0, 0.05) is 44.8 Å². The van der Waals surface area contributed by atoms with E-state index < -0.39 is 0 Å². The van der Waals surface area contributed by atoms with Gasteiger partial charge in [-0.05, 0) is 58.4 Å². The van der Waals surface area contributed by atoms with Gasteiger partial charge in [0.1, 0.15) is 0 Å². The number of hydrogen-bond donors (Lipinski definition) is 2. The normalized spacial score (nSPS) is 18.3. The van der Waals surface area contributed by atoms with E-state index in [2.05, 4.69) is 40.4 Å². The molecule has 0 atom stereocenters. The Morgan fingerprint density at radius 2 is 1.88 bits per heavy atom. The maximum atomic E-state index is 6.36. The van der Waals surface area contributed by atoms with E-state index in [1.54, 1.807) is 7.11 Å². The number of benzene rings is 1. The average Bonchev–Trinajstić information content (AvgIpc) is 3.31. The number of halogens is 1. The van der Waals surface area contributed by atoms with E-state index in [1.165, 1.54) is 12.8 Å². The van der Waals surface area contributed by atoms with Crippen LogP contribution in [-0.2, 0) is 11.3 Å². The van der Waals surface area contributed by atoms with Crippen molar-refractivity contribution in [2.24, 2.45) is 4.99 Å². The first kappa shape index (κ1) is 28.0. The summed E-state index contributed by atoms with van der Waals surface area (Å²) in [6.45, 7) is 8.82. The molecule has 7 nitrogen and oxygen atoms in total. The van der Waals surface area contributed by atoms with Crippen molar-refractivity contribution in [3.63, 3.8) is 0 Å². The number of likely N-dealkylation sites (tertiary alicyclic amines) is 1. The number of nitrogens with zero attached hydrogens (tertiary/aromatic N) is 2. The zero-order valence-corrected chi connectivity index (χ0v) is 23.1. The number of nitrogens with one attached hydrogen (secondary N) is 2. The largest absolute Gasteiger partial charge is 0.493 e. The van der Waals surface area contributed by atoms with Crippen LogP contribution in [0.25, 0.3) is 0 Å². The molecule has 1 aromatic carbocycles. The Morgan fingerprint density at radius 3 is 2.52 bits per heavy atom. The number of piperidine rings is 1. The van der Waals surface area contributed by atoms with Gasteiger partial charge in [0.25, 0.3) is 0 Å². The Labute approximate surface area is 217 Å². The highest BCUT2D eigenvalue weighted by molar-refractivity contribution is 14.0. The first-order valence-electron chi connectivity index (χ1n) is 12.2. The number of rotatable bonds is 10. The maximum Gasteiger partial charge on any atom is 0.191 e. The molecule has 8 heteroatoms. The van der Waals surface area contributed by atoms with Crippen LogP contribution in [0.4, 0.5) is 0 Å². The van der Waals surface area contributed by atoms with E-state index >= 15 is 0 Å². The van der Waals surface area contributed by atoms with Gasteiger partial charge in [0.15, 0.2) is 17.5 Å². The lowest BCUT2D eigenvalue weighted by Gasteiger charge is -2.33. The third kappa shape index (κ3) is 9.13. The monoisotopic (exact) mass is 574 g/mol. The van der Waals surface area contributed by atoms with Crippen molar-refractivity contribution in [1.82, 2.24) is 15.5 Å². The van der Waals surface area contributed by atoms with Crippen LogP contribution in [-0.4, -0.2) is 69.5 Å². The van der Waals surface area contributed by atoms with Gasteiger partial charge in [0.05, 0.1) is 25.9 Å². The minimum atomic E-state index is 0. The molecule has 0 unspecified atom stereocenters. The summed E-state index contributed by atoms with van der Waals surface area (Å²) in [5.74, 6) is 2.50. The summed E-state index contributed by atoms with van der Waals surface area (Å²) in [7, 11) is 3.53. The lowest BCUT2D eigenvalue weighted by atomic mass is 10.1. The molecular weight excluding hydrogens is 531 g/mol. The molecule has 33 heavy (non-hydrogen) atoms. The highest BCUT2D eigenvalue weighted by Crippen LogP contribution is 2.34. The Morgan fingerprint density at radius 1 is 1.15 bits per heavy atom. The van der Waals surface area contributed by atoms with Gasteiger partial charge in [0.2, 0.25) is 0 Å². The van der Waals surface area contributed by atoms with E-state index in [9.17, 15) is 0 Å². The van der Waals surface area contributed by atoms with E-state index in [4.69, 9.17) is 14.2 Å². The minimum Gasteiger partial charge on any atom is -0.493 e. The summed E-state index contributed by atoms with van der Waals surface area (Å²) >= 11 is 0. The molecule has 188 valence electrons. The van der Waals surface area contributed by atoms with Gasteiger partial charge in [-0.2, -0.15) is 0 Å². The summed E-state index contributed by atoms with van der Waals surface area (Å²) in [6, 6.07) is 6.53. The van der Waals surface area contributed by atoms with Crippen molar-refractivity contribution in [2.45, 2.75) is 77.2 Å². The number of aliphatic imine (C=N–C) groups is 1. The van der Waals surface area contributed by atoms with E-state index in [0.29, 0.717) is 24.8 Å². The molecule has 1 aliphatic carbocycles. The van der Waals surface area contributed by atoms with Gasteiger partial charge < -0.3 is 29.7 Å². The molecule has 0 aromatic heterocycles. The van der Waals surface area contributed by atoms with Crippen molar-refractivity contribution in [3.05, 3.63) is 23.8 Å². The second-order valence-electron chi connectivity index (χ2n) is 9.08. The molecular formula is C25H43IN4O3. The molecule has 3 rings (SSSR count). The van der Waals surface area contributed by atoms with Crippen molar-refractivity contribution >= 4 is 29.9 Å². The summed E-state index contributed by atoms with van der Waals surface area (Å²) in [4.78, 5) is 6.94. The predicted molar refractivity (Wildman–Crippen MR) is 145 cm³/mol. The van der Waals surface area contributed by atoms with Crippen LogP contribution < -0.4 is 20.1 Å². The second-order valence-corrected chi connectivity index (χ2v) is 9.08. The molecule has 1 saturated heterocycles. The summed E-state index contributed by atoms with van der Waals surface area (Å²) in [5, 5.41) is 7.08. The van der Waals surface area contributed by atoms with E-state index in [0.717, 1.165) is 74.9 Å². The average molecular weight is 575 g/mol. The Balaban J connectivity index is 0.00000385. The molecule has 1 aromatic rings. The molecule has 0 amide bonds. The van der Waals surface area contributed by atoms with Crippen LogP contribution in [0.15, 0.2) is 23.2 Å². The Hall–Kier alpha value is -1.26. The zero-order valence-electron chi connectivity index (χ0n) is 20.8. The molecule has 0 spiro atoms. The predicted octanol–water partition coefficient (Wildman–Crippen LogP) is 4.19. The topological polar surface area (TPSA) is 67.4 Å². The first-order chi connectivity index (χ1) is 15.6. The van der Waals surface area contributed by atoms with Crippen LogP contribution in [0.3, 0.4) is 0 Å². The fourth-order valence-corrected chi connectivity index (χ4v) is 4.45. The van der Waals surface area contributed by atoms with E-state index in [1.807, 2.05) is 19.2 Å². The number of hydrogen-bond acceptors (Lipinski definition) is 5. The SMILES string of the molecule is CN=C(NCc1cccc(OC)c1OC1CCCC1)NC1CCN(CCOC(C)C)CC1.I. The molecule has 0 bridgehead atoms. The molecule has 1 heterocycles. The third-order valence-corrected chi connectivity index (χ3v) is 6.32. The smallest absolute Gasteiger partial charge is 0.191 e. The third-order valence-electron chi connectivity index (χ3n) is 6.32. The van der Waals surface area contributed by atoms with Gasteiger partial charge >= 0.3 is 0 Å². The molecule has 2 fully saturated rings. The minimum absolute atomic E-state index is 0. The standard InChI is InChI=1S/C25H42N4O3.HI/c1-19(2)31-17-16-29-14-12-21(13-15-29)28-25(26-3)27-18-20-8-7-11-23(30-4)24(20)32-22-9-5-6-10-22;/h7-8,11,19,21-22H,5-6,9-10,12-18H2,1-4H3,(H2,26,27,28);1H. The van der Waals surface area contributed by atoms with Crippen LogP contribution in [0, 0.1) is 0 Å². The highest BCUT2D eigenvalue weighted by atomic mass is 127. The van der Waals surface area contributed by atoms with Gasteiger partial charge in [-0.1, -0.05) is 12.1 Å². The second kappa shape index (κ2) is 14.9. The van der Waals surface area contributed by atoms with Crippen LogP contribution >= 0.6 is 24.0 Å². The van der Waals surface area contributed by atoms with Crippen molar-refractivity contribution in [2.75, 3.05) is 40.4 Å². The Bertz CT molecular complexity index is 718. The Kier molecular flexibility index (Phi) is 12.6. The number of ether oxygens (including phenoxy) is 3. The van der Waals surface area contributed by atoms with Gasteiger partial charge in [-0.25, -0.2) is 0 Å². The fourth-order valence-electron chi connectivity index (χ4n) is 4.45. The summed E-state index contributed by atoms with van der Waals surface area (Å²) < 4.78 is 17.6. The fraction of sp³-hybridized carbons (Fsp3) is 0.720. The number of para-hydroxylation sites is 1. The van der Waals surface area contributed by atoms with Crippen LogP contribution in [0.5, 0.6) is 11.5 Å². The number of guanidine groups is 1. The first-order valence-corrected chi connectivity index (χ1v) is 12.2. The van der Waals surface area contributed by atoms with Crippen molar-refractivity contribution < 1.29 is 14.2 Å². The molecule has 2 N–H and O–H groups in total. The summed E-state index contributed by atoms with van der Waals surface area (Å²) in [6.07, 6.45) is 7.54. The lowest BCUT2D eigenvalue weighted by Crippen LogP contribution is -2.49. The quantitative estimate of drug-likeness (QED) is 0.248. The maximum absolute atomic E-state index is 6.36. The summed E-state index contributed by atoms with van der Waals surface area (Å²) in [5.41, 5.74) is 1.10. The lowest BCUT2D eigenvalue weighted by molar-refractivity contribution is 0.0532. The molecule has 1 saturated carbocycles. The molecule has 2 aliphatic rings. The van der Waals surface area contributed by atoms with Crippen molar-refractivity contribution in [3.8, 4) is 11.5 Å². The van der Waals surface area contributed by atoms with Crippen molar-refractivity contribution in [1.29, 1.82) is 0 Å². The zero-order chi connectivity index (χ0) is 22.8. The molecule has 0 radical (unpaired) electrons. The van der Waals surface area contributed by atoms with Crippen LogP contribution in [0.1, 0.15) is 57.9 Å². The number of methoxy groups -OCH3 is 1.